The van der Waals surface area contributed by atoms with Crippen molar-refractivity contribution >= 4 is 13.4 Å². The SMILES string of the molecule is CCOBC(=O)OCC1C2CCc3nn[nH]c3CCC21. The maximum atomic E-state index is 11.4. The molecule has 1 heterocycles. The number of nitrogens with one attached hydrogen (secondary N) is 1. The van der Waals surface area contributed by atoms with Crippen LogP contribution in [0.25, 0.3) is 0 Å². The number of nitrogens with zero attached hydrogens (tertiary/aromatic N) is 2. The average molecular weight is 277 g/mol. The summed E-state index contributed by atoms with van der Waals surface area (Å²) in [5, 5.41) is 11.0. The molecule has 1 N–H and O–H groups in total. The normalized spacial score (nSPS) is 27.8. The number of carbonyl (C=O) groups is 1. The van der Waals surface area contributed by atoms with E-state index in [0.717, 1.165) is 31.4 Å². The Morgan fingerprint density at radius 1 is 1.40 bits per heavy atom. The molecule has 108 valence electrons. The molecule has 0 saturated heterocycles. The third-order valence-corrected chi connectivity index (χ3v) is 4.52. The molecule has 0 bridgehead atoms. The van der Waals surface area contributed by atoms with Gasteiger partial charge in [0.05, 0.1) is 18.0 Å². The van der Waals surface area contributed by atoms with Crippen LogP contribution in [0.15, 0.2) is 0 Å². The molecule has 0 aromatic carbocycles. The number of hydrogen-bond acceptors (Lipinski definition) is 5. The van der Waals surface area contributed by atoms with Gasteiger partial charge in [0.1, 0.15) is 0 Å². The Morgan fingerprint density at radius 3 is 3.00 bits per heavy atom. The van der Waals surface area contributed by atoms with Crippen LogP contribution in [0, 0.1) is 17.8 Å². The molecule has 1 saturated carbocycles. The van der Waals surface area contributed by atoms with Crippen LogP contribution in [0.4, 0.5) is 4.79 Å². The third-order valence-electron chi connectivity index (χ3n) is 4.52. The molecule has 0 aliphatic heterocycles. The topological polar surface area (TPSA) is 77.1 Å². The highest BCUT2D eigenvalue weighted by Gasteiger charge is 2.50. The van der Waals surface area contributed by atoms with Crippen LogP contribution in [0.3, 0.4) is 0 Å². The molecule has 1 aromatic heterocycles. The van der Waals surface area contributed by atoms with Gasteiger partial charge in [-0.15, -0.1) is 5.10 Å². The Hall–Kier alpha value is -1.37. The van der Waals surface area contributed by atoms with Gasteiger partial charge in [-0.05, 0) is 50.4 Å². The van der Waals surface area contributed by atoms with E-state index in [-0.39, 0.29) is 13.4 Å². The van der Waals surface area contributed by atoms with Crippen LogP contribution in [0.5, 0.6) is 0 Å². The lowest BCUT2D eigenvalue weighted by Gasteiger charge is -2.05. The summed E-state index contributed by atoms with van der Waals surface area (Å²) in [4.78, 5) is 11.4. The summed E-state index contributed by atoms with van der Waals surface area (Å²) in [6, 6.07) is 0. The van der Waals surface area contributed by atoms with Gasteiger partial charge in [0, 0.05) is 6.61 Å². The van der Waals surface area contributed by atoms with E-state index < -0.39 is 0 Å². The summed E-state index contributed by atoms with van der Waals surface area (Å²) in [6.07, 6.45) is 4.25. The van der Waals surface area contributed by atoms with Gasteiger partial charge >= 0.3 is 7.48 Å². The minimum atomic E-state index is -0.248. The van der Waals surface area contributed by atoms with Crippen molar-refractivity contribution in [3.05, 3.63) is 11.4 Å². The third kappa shape index (κ3) is 2.87. The standard InChI is InChI=1S/C13H20BN3O3/c1-2-20-14-13(18)19-7-10-8-3-5-11-12(16-17-15-11)6-4-9(8)10/h8-10,14H,2-7H2,1H3,(H,15,16,17). The summed E-state index contributed by atoms with van der Waals surface area (Å²) < 4.78 is 10.3. The number of hydrogen-bond donors (Lipinski definition) is 1. The number of aromatic amines is 1. The van der Waals surface area contributed by atoms with Crippen molar-refractivity contribution in [3.63, 3.8) is 0 Å². The van der Waals surface area contributed by atoms with Gasteiger partial charge in [-0.3, -0.25) is 9.89 Å². The maximum absolute atomic E-state index is 11.4. The van der Waals surface area contributed by atoms with E-state index in [1.54, 1.807) is 0 Å². The van der Waals surface area contributed by atoms with Crippen molar-refractivity contribution < 1.29 is 14.2 Å². The predicted molar refractivity (Wildman–Crippen MR) is 73.6 cm³/mol. The van der Waals surface area contributed by atoms with Crippen molar-refractivity contribution in [2.45, 2.75) is 32.6 Å². The van der Waals surface area contributed by atoms with Crippen LogP contribution in [-0.2, 0) is 22.2 Å². The summed E-state index contributed by atoms with van der Waals surface area (Å²) in [7, 11) is 0.0682. The lowest BCUT2D eigenvalue weighted by Crippen LogP contribution is -2.16. The average Bonchev–Trinajstić information content (AvgIpc) is 2.89. The molecule has 6 nitrogen and oxygen atoms in total. The second-order valence-electron chi connectivity index (χ2n) is 5.63. The molecule has 7 heteroatoms. The Morgan fingerprint density at radius 2 is 2.20 bits per heavy atom. The van der Waals surface area contributed by atoms with Crippen molar-refractivity contribution in [1.82, 2.24) is 15.4 Å². The van der Waals surface area contributed by atoms with Crippen molar-refractivity contribution in [2.75, 3.05) is 13.2 Å². The summed E-state index contributed by atoms with van der Waals surface area (Å²) in [5.74, 6) is 1.64. The fourth-order valence-corrected chi connectivity index (χ4v) is 3.33. The summed E-state index contributed by atoms with van der Waals surface area (Å²) >= 11 is 0. The lowest BCUT2D eigenvalue weighted by molar-refractivity contribution is 0.157. The van der Waals surface area contributed by atoms with E-state index >= 15 is 0 Å². The fourth-order valence-electron chi connectivity index (χ4n) is 3.33. The van der Waals surface area contributed by atoms with Crippen molar-refractivity contribution in [3.8, 4) is 0 Å². The molecule has 1 fully saturated rings. The molecule has 3 rings (SSSR count). The largest absolute Gasteiger partial charge is 0.471 e. The van der Waals surface area contributed by atoms with Crippen LogP contribution < -0.4 is 0 Å². The highest BCUT2D eigenvalue weighted by Crippen LogP contribution is 2.52. The van der Waals surface area contributed by atoms with Gasteiger partial charge in [-0.1, -0.05) is 5.21 Å². The zero-order valence-corrected chi connectivity index (χ0v) is 11.8. The molecule has 2 aliphatic carbocycles. The Balaban J connectivity index is 1.46. The maximum Gasteiger partial charge on any atom is 0.406 e. The van der Waals surface area contributed by atoms with Crippen LogP contribution in [-0.4, -0.2) is 42.0 Å². The molecule has 2 aliphatic rings. The highest BCUT2D eigenvalue weighted by molar-refractivity contribution is 6.66. The minimum Gasteiger partial charge on any atom is -0.471 e. The number of ether oxygens (including phenoxy) is 1. The quantitative estimate of drug-likeness (QED) is 0.814. The predicted octanol–water partition coefficient (Wildman–Crippen LogP) is 1.07. The monoisotopic (exact) mass is 277 g/mol. The first-order valence-corrected chi connectivity index (χ1v) is 7.41. The van der Waals surface area contributed by atoms with Crippen molar-refractivity contribution in [2.24, 2.45) is 17.8 Å². The number of carbonyl (C=O) groups excluding carboxylic acids is 1. The Labute approximate surface area is 118 Å². The summed E-state index contributed by atoms with van der Waals surface area (Å²) in [6.45, 7) is 2.96. The van der Waals surface area contributed by atoms with Crippen LogP contribution in [0.1, 0.15) is 31.2 Å². The molecule has 0 amide bonds. The van der Waals surface area contributed by atoms with E-state index in [9.17, 15) is 4.79 Å². The van der Waals surface area contributed by atoms with Gasteiger partial charge in [0.15, 0.2) is 0 Å². The Kier molecular flexibility index (Phi) is 4.05. The minimum absolute atomic E-state index is 0.0682. The first kappa shape index (κ1) is 13.6. The second-order valence-corrected chi connectivity index (χ2v) is 5.63. The zero-order chi connectivity index (χ0) is 13.9. The van der Waals surface area contributed by atoms with Crippen LogP contribution >= 0.6 is 0 Å². The molecule has 0 spiro atoms. The smallest absolute Gasteiger partial charge is 0.406 e. The van der Waals surface area contributed by atoms with E-state index in [4.69, 9.17) is 9.39 Å². The number of H-pyrrole nitrogens is 1. The van der Waals surface area contributed by atoms with Gasteiger partial charge < -0.3 is 9.39 Å². The number of aromatic nitrogens is 3. The molecule has 3 atom stereocenters. The molecule has 20 heavy (non-hydrogen) atoms. The van der Waals surface area contributed by atoms with Crippen molar-refractivity contribution in [1.29, 1.82) is 0 Å². The first-order chi connectivity index (χ1) is 9.79. The van der Waals surface area contributed by atoms with Gasteiger partial charge in [-0.25, -0.2) is 0 Å². The highest BCUT2D eigenvalue weighted by atomic mass is 16.5. The molecular formula is C13H20BN3O3. The van der Waals surface area contributed by atoms with E-state index in [0.29, 0.717) is 31.0 Å². The Bertz CT molecular complexity index is 451. The van der Waals surface area contributed by atoms with E-state index in [1.807, 2.05) is 6.92 Å². The van der Waals surface area contributed by atoms with E-state index in [2.05, 4.69) is 15.4 Å². The first-order valence-electron chi connectivity index (χ1n) is 7.41. The molecule has 0 radical (unpaired) electrons. The van der Waals surface area contributed by atoms with Gasteiger partial charge in [0.25, 0.3) is 5.87 Å². The van der Waals surface area contributed by atoms with E-state index in [1.165, 1.54) is 5.69 Å². The molecular weight excluding hydrogens is 257 g/mol. The number of rotatable bonds is 5. The summed E-state index contributed by atoms with van der Waals surface area (Å²) in [5.41, 5.74) is 2.30. The number of aryl methyl sites for hydroxylation is 2. The molecule has 3 unspecified atom stereocenters. The number of fused-ring (bicyclic) bond motifs is 2. The van der Waals surface area contributed by atoms with Gasteiger partial charge in [0.2, 0.25) is 0 Å². The zero-order valence-electron chi connectivity index (χ0n) is 11.8. The fraction of sp³-hybridized carbons (Fsp3) is 0.769. The molecule has 1 aromatic rings. The lowest BCUT2D eigenvalue weighted by atomic mass is 10.0. The van der Waals surface area contributed by atoms with Gasteiger partial charge in [-0.2, -0.15) is 0 Å². The van der Waals surface area contributed by atoms with Crippen LogP contribution in [0.2, 0.25) is 0 Å². The second kappa shape index (κ2) is 5.95.